The van der Waals surface area contributed by atoms with Gasteiger partial charge in [-0.3, -0.25) is 9.36 Å². The predicted molar refractivity (Wildman–Crippen MR) is 111 cm³/mol. The molecule has 1 fully saturated rings. The Bertz CT molecular complexity index is 778. The van der Waals surface area contributed by atoms with E-state index in [2.05, 4.69) is 35.1 Å². The van der Waals surface area contributed by atoms with E-state index in [9.17, 15) is 4.79 Å². The van der Waals surface area contributed by atoms with Crippen molar-refractivity contribution in [1.29, 1.82) is 0 Å². The molecule has 1 N–H and O–H groups in total. The summed E-state index contributed by atoms with van der Waals surface area (Å²) in [7, 11) is 0. The number of benzene rings is 1. The van der Waals surface area contributed by atoms with Gasteiger partial charge in [-0.1, -0.05) is 67.8 Å². The van der Waals surface area contributed by atoms with Crippen molar-refractivity contribution >= 4 is 17.7 Å². The fourth-order valence-electron chi connectivity index (χ4n) is 3.54. The first-order valence-electron chi connectivity index (χ1n) is 9.71. The van der Waals surface area contributed by atoms with Crippen molar-refractivity contribution in [2.45, 2.75) is 63.2 Å². The maximum absolute atomic E-state index is 12.4. The number of rotatable bonds is 7. The Hall–Kier alpha value is -2.08. The molecule has 0 radical (unpaired) electrons. The Morgan fingerprint density at radius 1 is 1.26 bits per heavy atom. The molecule has 1 aliphatic rings. The summed E-state index contributed by atoms with van der Waals surface area (Å²) in [6.45, 7) is 6.53. The molecule has 27 heavy (non-hydrogen) atoms. The second-order valence-electron chi connectivity index (χ2n) is 7.07. The number of hydrogen-bond acceptors (Lipinski definition) is 4. The van der Waals surface area contributed by atoms with E-state index in [1.807, 2.05) is 28.8 Å². The van der Waals surface area contributed by atoms with Gasteiger partial charge in [0.25, 0.3) is 0 Å². The maximum atomic E-state index is 12.4. The van der Waals surface area contributed by atoms with Gasteiger partial charge in [-0.15, -0.1) is 16.8 Å². The summed E-state index contributed by atoms with van der Waals surface area (Å²) in [5, 5.41) is 12.7. The van der Waals surface area contributed by atoms with Crippen LogP contribution in [0.3, 0.4) is 0 Å². The fraction of sp³-hybridized carbons (Fsp3) is 0.476. The summed E-state index contributed by atoms with van der Waals surface area (Å²) >= 11 is 1.44. The molecule has 0 spiro atoms. The molecule has 1 heterocycles. The normalized spacial score (nSPS) is 15.3. The van der Waals surface area contributed by atoms with E-state index in [0.29, 0.717) is 18.3 Å². The zero-order valence-electron chi connectivity index (χ0n) is 16.0. The molecule has 5 nitrogen and oxygen atoms in total. The molecule has 6 heteroatoms. The highest BCUT2D eigenvalue weighted by molar-refractivity contribution is 7.99. The highest BCUT2D eigenvalue weighted by atomic mass is 32.2. The van der Waals surface area contributed by atoms with Crippen molar-refractivity contribution in [2.75, 3.05) is 5.75 Å². The molecule has 3 rings (SSSR count). The highest BCUT2D eigenvalue weighted by Gasteiger charge is 2.18. The monoisotopic (exact) mass is 384 g/mol. The van der Waals surface area contributed by atoms with Gasteiger partial charge in [0.2, 0.25) is 5.91 Å². The fourth-order valence-corrected chi connectivity index (χ4v) is 4.29. The number of carbonyl (C=O) groups is 1. The van der Waals surface area contributed by atoms with Gasteiger partial charge in [0.05, 0.1) is 5.75 Å². The van der Waals surface area contributed by atoms with Crippen molar-refractivity contribution < 1.29 is 4.79 Å². The van der Waals surface area contributed by atoms with Gasteiger partial charge in [-0.25, -0.2) is 0 Å². The quantitative estimate of drug-likeness (QED) is 0.437. The summed E-state index contributed by atoms with van der Waals surface area (Å²) in [6.07, 6.45) is 9.03. The lowest BCUT2D eigenvalue weighted by Crippen LogP contribution is -2.35. The van der Waals surface area contributed by atoms with Crippen LogP contribution >= 0.6 is 11.8 Å². The average molecular weight is 385 g/mol. The minimum absolute atomic E-state index is 0.0810. The van der Waals surface area contributed by atoms with Crippen molar-refractivity contribution in [3.8, 4) is 11.4 Å². The minimum atomic E-state index is 0.0810. The first-order valence-corrected chi connectivity index (χ1v) is 10.7. The number of carbonyl (C=O) groups excluding carboxylic acids is 1. The Morgan fingerprint density at radius 2 is 2.00 bits per heavy atom. The molecule has 0 bridgehead atoms. The number of nitrogens with zero attached hydrogens (tertiary/aromatic N) is 3. The summed E-state index contributed by atoms with van der Waals surface area (Å²) in [5.41, 5.74) is 2.21. The topological polar surface area (TPSA) is 59.8 Å². The van der Waals surface area contributed by atoms with Crippen LogP contribution in [0.4, 0.5) is 0 Å². The number of allylic oxidation sites excluding steroid dienone is 1. The third-order valence-electron chi connectivity index (χ3n) is 4.97. The molecule has 0 unspecified atom stereocenters. The molecule has 1 saturated carbocycles. The van der Waals surface area contributed by atoms with Gasteiger partial charge in [-0.05, 0) is 25.3 Å². The summed E-state index contributed by atoms with van der Waals surface area (Å²) < 4.78 is 2.03. The van der Waals surface area contributed by atoms with Gasteiger partial charge in [0.15, 0.2) is 11.0 Å². The molecule has 0 atom stereocenters. The molecule has 1 aliphatic carbocycles. The van der Waals surface area contributed by atoms with E-state index in [1.165, 1.54) is 37.4 Å². The van der Waals surface area contributed by atoms with Crippen LogP contribution in [0, 0.1) is 6.92 Å². The van der Waals surface area contributed by atoms with Gasteiger partial charge in [-0.2, -0.15) is 0 Å². The number of thioether (sulfide) groups is 1. The maximum Gasteiger partial charge on any atom is 0.230 e. The van der Waals surface area contributed by atoms with Gasteiger partial charge >= 0.3 is 0 Å². The van der Waals surface area contributed by atoms with Crippen molar-refractivity contribution in [1.82, 2.24) is 20.1 Å². The van der Waals surface area contributed by atoms with Crippen molar-refractivity contribution in [3.05, 3.63) is 42.5 Å². The zero-order chi connectivity index (χ0) is 19.1. The Balaban J connectivity index is 1.67. The van der Waals surface area contributed by atoms with Crippen LogP contribution in [0.15, 0.2) is 42.1 Å². The highest BCUT2D eigenvalue weighted by Crippen LogP contribution is 2.26. The number of aryl methyl sites for hydroxylation is 1. The molecule has 1 aromatic heterocycles. The first kappa shape index (κ1) is 19.7. The lowest BCUT2D eigenvalue weighted by Gasteiger charge is -2.16. The molecule has 144 valence electrons. The lowest BCUT2D eigenvalue weighted by molar-refractivity contribution is -0.119. The number of hydrogen-bond donors (Lipinski definition) is 1. The molecule has 0 aliphatic heterocycles. The van der Waals surface area contributed by atoms with E-state index in [-0.39, 0.29) is 5.91 Å². The molecule has 2 aromatic rings. The van der Waals surface area contributed by atoms with Crippen LogP contribution in [0.25, 0.3) is 11.4 Å². The van der Waals surface area contributed by atoms with E-state index in [1.54, 1.807) is 0 Å². The van der Waals surface area contributed by atoms with E-state index < -0.39 is 0 Å². The molecular weight excluding hydrogens is 356 g/mol. The van der Waals surface area contributed by atoms with Crippen LogP contribution in [0.1, 0.15) is 44.1 Å². The van der Waals surface area contributed by atoms with Gasteiger partial charge in [0.1, 0.15) is 0 Å². The van der Waals surface area contributed by atoms with Crippen LogP contribution in [-0.2, 0) is 11.3 Å². The van der Waals surface area contributed by atoms with Gasteiger partial charge < -0.3 is 5.32 Å². The van der Waals surface area contributed by atoms with Crippen molar-refractivity contribution in [3.63, 3.8) is 0 Å². The third-order valence-corrected chi connectivity index (χ3v) is 5.93. The van der Waals surface area contributed by atoms with Crippen LogP contribution in [0.5, 0.6) is 0 Å². The Labute approximate surface area is 165 Å². The smallest absolute Gasteiger partial charge is 0.230 e. The first-order chi connectivity index (χ1) is 13.2. The van der Waals surface area contributed by atoms with E-state index >= 15 is 0 Å². The number of aromatic nitrogens is 3. The van der Waals surface area contributed by atoms with Crippen LogP contribution < -0.4 is 5.32 Å². The largest absolute Gasteiger partial charge is 0.353 e. The minimum Gasteiger partial charge on any atom is -0.353 e. The van der Waals surface area contributed by atoms with Gasteiger partial charge in [0, 0.05) is 18.2 Å². The Morgan fingerprint density at radius 3 is 2.70 bits per heavy atom. The third kappa shape index (κ3) is 5.22. The van der Waals surface area contributed by atoms with E-state index in [0.717, 1.165) is 34.9 Å². The van der Waals surface area contributed by atoms with Crippen LogP contribution in [-0.4, -0.2) is 32.5 Å². The standard InChI is InChI=1S/C21H28N4OS/c1-3-14-25-20(18-13-9-8-10-16(18)2)23-24-21(25)27-15-19(26)22-17-11-6-4-5-7-12-17/h3,8-10,13,17H,1,4-7,11-12,14-15H2,2H3,(H,22,26). The molecule has 0 saturated heterocycles. The SMILES string of the molecule is C=CCn1c(SCC(=O)NC2CCCCCC2)nnc1-c1ccccc1C. The zero-order valence-corrected chi connectivity index (χ0v) is 16.8. The molecule has 1 aromatic carbocycles. The summed E-state index contributed by atoms with van der Waals surface area (Å²) in [6, 6.07) is 8.46. The number of amides is 1. The second kappa shape index (κ2) is 9.74. The predicted octanol–water partition coefficient (Wildman–Crippen LogP) is 4.37. The summed E-state index contributed by atoms with van der Waals surface area (Å²) in [5.74, 6) is 1.26. The van der Waals surface area contributed by atoms with E-state index in [4.69, 9.17) is 0 Å². The molecular formula is C21H28N4OS. The number of nitrogens with one attached hydrogen (secondary N) is 1. The average Bonchev–Trinajstić information content (AvgIpc) is 2.87. The van der Waals surface area contributed by atoms with Crippen LogP contribution in [0.2, 0.25) is 0 Å². The second-order valence-corrected chi connectivity index (χ2v) is 8.01. The summed E-state index contributed by atoms with van der Waals surface area (Å²) in [4.78, 5) is 12.4. The molecule has 1 amide bonds. The Kier molecular flexibility index (Phi) is 7.10. The lowest BCUT2D eigenvalue weighted by atomic mass is 10.1. The van der Waals surface area contributed by atoms with Crippen molar-refractivity contribution in [2.24, 2.45) is 0 Å².